The number of nitrogens with zero attached hydrogens (tertiary/aromatic N) is 2. The number of rotatable bonds is 5. The van der Waals surface area contributed by atoms with Crippen molar-refractivity contribution in [2.75, 3.05) is 10.6 Å². The third-order valence-corrected chi connectivity index (χ3v) is 3.74. The molecule has 0 saturated heterocycles. The predicted octanol–water partition coefficient (Wildman–Crippen LogP) is 4.62. The monoisotopic (exact) mass is 354 g/mol. The molecule has 0 aliphatic rings. The normalized spacial score (nSPS) is 10.3. The molecule has 0 atom stereocenters. The molecule has 2 aromatic carbocycles. The Morgan fingerprint density at radius 2 is 1.84 bits per heavy atom. The van der Waals surface area contributed by atoms with Crippen LogP contribution in [-0.4, -0.2) is 21.0 Å². The molecule has 0 aliphatic heterocycles. The lowest BCUT2D eigenvalue weighted by molar-refractivity contribution is 0.0697. The molecule has 0 unspecified atom stereocenters. The van der Waals surface area contributed by atoms with E-state index in [1.165, 1.54) is 12.1 Å². The molecule has 1 heterocycles. The fourth-order valence-electron chi connectivity index (χ4n) is 2.18. The van der Waals surface area contributed by atoms with Gasteiger partial charge in [0.1, 0.15) is 5.82 Å². The zero-order valence-electron chi connectivity index (χ0n) is 13.3. The number of hydrogen-bond acceptors (Lipinski definition) is 5. The average molecular weight is 355 g/mol. The molecule has 0 radical (unpaired) electrons. The summed E-state index contributed by atoms with van der Waals surface area (Å²) in [5, 5.41) is 15.8. The Bertz CT molecular complexity index is 913. The molecule has 3 N–H and O–H groups in total. The lowest BCUT2D eigenvalue weighted by atomic mass is 10.2. The molecule has 3 aromatic rings. The minimum atomic E-state index is -0.961. The standard InChI is InChI=1S/C18H15ClN4O2/c1-11-2-5-13(19)10-15(11)22-18-20-9-8-16(23-18)21-14-6-3-12(4-7-14)17(24)25/h2-10H,1H3,(H,24,25)(H2,20,21,22,23). The van der Waals surface area contributed by atoms with Gasteiger partial charge < -0.3 is 15.7 Å². The summed E-state index contributed by atoms with van der Waals surface area (Å²) in [6.07, 6.45) is 1.63. The van der Waals surface area contributed by atoms with Gasteiger partial charge in [0.15, 0.2) is 0 Å². The van der Waals surface area contributed by atoms with Gasteiger partial charge in [-0.3, -0.25) is 0 Å². The van der Waals surface area contributed by atoms with Crippen molar-refractivity contribution >= 4 is 40.7 Å². The Kier molecular flexibility index (Phi) is 4.81. The number of carbonyl (C=O) groups is 1. The number of halogens is 1. The summed E-state index contributed by atoms with van der Waals surface area (Å²) < 4.78 is 0. The van der Waals surface area contributed by atoms with Crippen LogP contribution in [0.1, 0.15) is 15.9 Å². The zero-order chi connectivity index (χ0) is 17.8. The first kappa shape index (κ1) is 16.7. The molecule has 0 spiro atoms. The van der Waals surface area contributed by atoms with Crippen molar-refractivity contribution < 1.29 is 9.90 Å². The van der Waals surface area contributed by atoms with E-state index in [1.54, 1.807) is 24.4 Å². The van der Waals surface area contributed by atoms with E-state index in [4.69, 9.17) is 16.7 Å². The van der Waals surface area contributed by atoms with Crippen LogP contribution in [0.4, 0.5) is 23.1 Å². The summed E-state index contributed by atoms with van der Waals surface area (Å²) in [6, 6.07) is 13.7. The topological polar surface area (TPSA) is 87.1 Å². The van der Waals surface area contributed by atoms with Crippen LogP contribution in [0.5, 0.6) is 0 Å². The molecule has 0 saturated carbocycles. The Morgan fingerprint density at radius 1 is 1.08 bits per heavy atom. The maximum Gasteiger partial charge on any atom is 0.335 e. The molecular weight excluding hydrogens is 340 g/mol. The SMILES string of the molecule is Cc1ccc(Cl)cc1Nc1nccc(Nc2ccc(C(=O)O)cc2)n1. The zero-order valence-corrected chi connectivity index (χ0v) is 14.1. The third kappa shape index (κ3) is 4.24. The number of nitrogens with one attached hydrogen (secondary N) is 2. The van der Waals surface area contributed by atoms with E-state index in [2.05, 4.69) is 20.6 Å². The first-order chi connectivity index (χ1) is 12.0. The lowest BCUT2D eigenvalue weighted by Gasteiger charge is -2.10. The van der Waals surface area contributed by atoms with Crippen molar-refractivity contribution in [3.05, 3.63) is 70.9 Å². The number of carboxylic acid groups (broad SMARTS) is 1. The Balaban J connectivity index is 1.77. The Labute approximate surface area is 149 Å². The van der Waals surface area contributed by atoms with Gasteiger partial charge in [0.2, 0.25) is 5.95 Å². The second kappa shape index (κ2) is 7.19. The highest BCUT2D eigenvalue weighted by Gasteiger charge is 2.05. The van der Waals surface area contributed by atoms with Crippen LogP contribution >= 0.6 is 11.6 Å². The molecule has 3 rings (SSSR count). The maximum absolute atomic E-state index is 10.9. The average Bonchev–Trinajstić information content (AvgIpc) is 2.59. The van der Waals surface area contributed by atoms with Crippen molar-refractivity contribution in [1.29, 1.82) is 0 Å². The van der Waals surface area contributed by atoms with Gasteiger partial charge in [-0.2, -0.15) is 4.98 Å². The Hall–Kier alpha value is -3.12. The number of benzene rings is 2. The summed E-state index contributed by atoms with van der Waals surface area (Å²) in [4.78, 5) is 19.5. The molecule has 1 aromatic heterocycles. The van der Waals surface area contributed by atoms with Crippen molar-refractivity contribution in [2.45, 2.75) is 6.92 Å². The largest absolute Gasteiger partial charge is 0.478 e. The minimum Gasteiger partial charge on any atom is -0.478 e. The van der Waals surface area contributed by atoms with Gasteiger partial charge >= 0.3 is 5.97 Å². The summed E-state index contributed by atoms with van der Waals surface area (Å²) in [5.41, 5.74) is 2.81. The third-order valence-electron chi connectivity index (χ3n) is 3.51. The fraction of sp³-hybridized carbons (Fsp3) is 0.0556. The molecule has 126 valence electrons. The minimum absolute atomic E-state index is 0.229. The summed E-state index contributed by atoms with van der Waals surface area (Å²) in [6.45, 7) is 1.96. The van der Waals surface area contributed by atoms with Crippen LogP contribution in [0.3, 0.4) is 0 Å². The van der Waals surface area contributed by atoms with Gasteiger partial charge in [0.05, 0.1) is 5.56 Å². The van der Waals surface area contributed by atoms with Crippen molar-refractivity contribution in [2.24, 2.45) is 0 Å². The number of aromatic nitrogens is 2. The van der Waals surface area contributed by atoms with Crippen molar-refractivity contribution in [1.82, 2.24) is 9.97 Å². The van der Waals surface area contributed by atoms with Crippen LogP contribution in [0, 0.1) is 6.92 Å². The van der Waals surface area contributed by atoms with Crippen LogP contribution in [0.2, 0.25) is 5.02 Å². The highest BCUT2D eigenvalue weighted by Crippen LogP contribution is 2.23. The van der Waals surface area contributed by atoms with E-state index in [0.717, 1.165) is 16.9 Å². The molecule has 7 heteroatoms. The highest BCUT2D eigenvalue weighted by molar-refractivity contribution is 6.30. The summed E-state index contributed by atoms with van der Waals surface area (Å²) in [5.74, 6) is 0.0507. The van der Waals surface area contributed by atoms with Gasteiger partial charge in [-0.15, -0.1) is 0 Å². The summed E-state index contributed by atoms with van der Waals surface area (Å²) >= 11 is 6.02. The van der Waals surface area contributed by atoms with E-state index >= 15 is 0 Å². The van der Waals surface area contributed by atoms with Crippen molar-refractivity contribution in [3.8, 4) is 0 Å². The second-order valence-corrected chi connectivity index (χ2v) is 5.79. The van der Waals surface area contributed by atoms with E-state index in [9.17, 15) is 4.79 Å². The molecule has 0 bridgehead atoms. The number of aromatic carboxylic acids is 1. The van der Waals surface area contributed by atoms with E-state index in [1.807, 2.05) is 25.1 Å². The molecular formula is C18H15ClN4O2. The number of aryl methyl sites for hydroxylation is 1. The lowest BCUT2D eigenvalue weighted by Crippen LogP contribution is -2.02. The van der Waals surface area contributed by atoms with Crippen LogP contribution in [0.15, 0.2) is 54.7 Å². The molecule has 0 fully saturated rings. The number of carboxylic acids is 1. The van der Waals surface area contributed by atoms with E-state index in [0.29, 0.717) is 16.8 Å². The molecule has 6 nitrogen and oxygen atoms in total. The fourth-order valence-corrected chi connectivity index (χ4v) is 2.35. The van der Waals surface area contributed by atoms with Gasteiger partial charge in [-0.1, -0.05) is 17.7 Å². The van der Waals surface area contributed by atoms with Gasteiger partial charge in [0.25, 0.3) is 0 Å². The van der Waals surface area contributed by atoms with Gasteiger partial charge in [-0.25, -0.2) is 9.78 Å². The van der Waals surface area contributed by atoms with E-state index in [-0.39, 0.29) is 5.56 Å². The maximum atomic E-state index is 10.9. The highest BCUT2D eigenvalue weighted by atomic mass is 35.5. The van der Waals surface area contributed by atoms with Crippen LogP contribution in [0.25, 0.3) is 0 Å². The second-order valence-electron chi connectivity index (χ2n) is 5.36. The quantitative estimate of drug-likeness (QED) is 0.619. The predicted molar refractivity (Wildman–Crippen MR) is 98.2 cm³/mol. The molecule has 25 heavy (non-hydrogen) atoms. The summed E-state index contributed by atoms with van der Waals surface area (Å²) in [7, 11) is 0. The van der Waals surface area contributed by atoms with Crippen molar-refractivity contribution in [3.63, 3.8) is 0 Å². The smallest absolute Gasteiger partial charge is 0.335 e. The van der Waals surface area contributed by atoms with Gasteiger partial charge in [-0.05, 0) is 55.0 Å². The number of anilines is 4. The van der Waals surface area contributed by atoms with E-state index < -0.39 is 5.97 Å². The molecule has 0 amide bonds. The first-order valence-corrected chi connectivity index (χ1v) is 7.86. The van der Waals surface area contributed by atoms with Crippen LogP contribution in [-0.2, 0) is 0 Å². The number of hydrogen-bond donors (Lipinski definition) is 3. The van der Waals surface area contributed by atoms with Gasteiger partial charge in [0, 0.05) is 22.6 Å². The Morgan fingerprint density at radius 3 is 2.56 bits per heavy atom. The van der Waals surface area contributed by atoms with Crippen LogP contribution < -0.4 is 10.6 Å². The first-order valence-electron chi connectivity index (χ1n) is 7.48. The molecule has 0 aliphatic carbocycles.